The molecule has 0 heterocycles. The van der Waals surface area contributed by atoms with Gasteiger partial charge in [-0.25, -0.2) is 0 Å². The molecule has 0 unspecified atom stereocenters. The molecule has 0 aromatic rings. The molecule has 0 saturated heterocycles. The van der Waals surface area contributed by atoms with Crippen molar-refractivity contribution in [1.82, 2.24) is 0 Å². The van der Waals surface area contributed by atoms with Crippen LogP contribution in [0.1, 0.15) is 26.7 Å². The summed E-state index contributed by atoms with van der Waals surface area (Å²) in [6, 6.07) is 0. The molecule has 0 saturated carbocycles. The summed E-state index contributed by atoms with van der Waals surface area (Å²) < 4.78 is 5.84. The predicted molar refractivity (Wildman–Crippen MR) is 62.9 cm³/mol. The average Bonchev–Trinajstić information content (AvgIpc) is 1.95. The fourth-order valence-corrected chi connectivity index (χ4v) is 3.00. The summed E-state index contributed by atoms with van der Waals surface area (Å²) in [5.74, 6) is 0.167. The van der Waals surface area contributed by atoms with Crippen LogP contribution in [0.15, 0.2) is 12.7 Å². The van der Waals surface area contributed by atoms with Crippen molar-refractivity contribution in [2.45, 2.75) is 51.9 Å². The minimum Gasteiger partial charge on any atom is -0.406 e. The molecule has 0 spiro atoms. The molecule has 3 heteroatoms. The van der Waals surface area contributed by atoms with E-state index in [4.69, 9.17) is 4.43 Å². The molecular formula is C11H22O2Si. The van der Waals surface area contributed by atoms with Crippen LogP contribution in [0.25, 0.3) is 0 Å². The molecule has 0 aromatic heterocycles. The zero-order valence-corrected chi connectivity index (χ0v) is 11.0. The Hall–Kier alpha value is -0.413. The van der Waals surface area contributed by atoms with Crippen molar-refractivity contribution < 1.29 is 9.22 Å². The largest absolute Gasteiger partial charge is 0.406 e. The highest BCUT2D eigenvalue weighted by molar-refractivity contribution is 6.70. The number of carbonyl (C=O) groups excluding carboxylic acids is 1. The first-order valence-corrected chi connectivity index (χ1v) is 8.44. The first-order chi connectivity index (χ1) is 6.19. The second-order valence-corrected chi connectivity index (χ2v) is 9.40. The van der Waals surface area contributed by atoms with Gasteiger partial charge in [0.15, 0.2) is 14.1 Å². The first kappa shape index (κ1) is 13.6. The van der Waals surface area contributed by atoms with Crippen molar-refractivity contribution in [1.29, 1.82) is 0 Å². The highest BCUT2D eigenvalue weighted by Gasteiger charge is 2.32. The average molecular weight is 214 g/mol. The monoisotopic (exact) mass is 214 g/mol. The smallest absolute Gasteiger partial charge is 0.185 e. The van der Waals surface area contributed by atoms with Gasteiger partial charge >= 0.3 is 0 Å². The lowest BCUT2D eigenvalue weighted by Crippen LogP contribution is -2.44. The van der Waals surface area contributed by atoms with Crippen molar-refractivity contribution >= 4 is 14.1 Å². The van der Waals surface area contributed by atoms with E-state index in [2.05, 4.69) is 26.2 Å². The summed E-state index contributed by atoms with van der Waals surface area (Å²) in [7, 11) is -1.64. The van der Waals surface area contributed by atoms with Gasteiger partial charge in [-0.1, -0.05) is 6.08 Å². The quantitative estimate of drug-likeness (QED) is 0.501. The lowest BCUT2D eigenvalue weighted by atomic mass is 10.00. The molecule has 14 heavy (non-hydrogen) atoms. The fourth-order valence-electron chi connectivity index (χ4n) is 1.36. The van der Waals surface area contributed by atoms with Gasteiger partial charge in [-0.05, 0) is 39.9 Å². The third-order valence-electron chi connectivity index (χ3n) is 1.81. The third kappa shape index (κ3) is 5.35. The molecule has 0 aliphatic rings. The van der Waals surface area contributed by atoms with Gasteiger partial charge in [0.1, 0.15) is 5.60 Å². The maximum absolute atomic E-state index is 11.8. The van der Waals surface area contributed by atoms with Crippen molar-refractivity contribution in [3.05, 3.63) is 12.7 Å². The van der Waals surface area contributed by atoms with Crippen molar-refractivity contribution in [2.75, 3.05) is 0 Å². The van der Waals surface area contributed by atoms with E-state index in [1.165, 1.54) is 0 Å². The Morgan fingerprint density at radius 2 is 1.93 bits per heavy atom. The summed E-state index contributed by atoms with van der Waals surface area (Å²) in [6.45, 7) is 13.6. The van der Waals surface area contributed by atoms with Crippen LogP contribution in [0.3, 0.4) is 0 Å². The number of carbonyl (C=O) groups is 1. The van der Waals surface area contributed by atoms with Crippen LogP contribution in [0.5, 0.6) is 0 Å². The van der Waals surface area contributed by atoms with Gasteiger partial charge in [-0.3, -0.25) is 4.79 Å². The normalized spacial score (nSPS) is 12.6. The van der Waals surface area contributed by atoms with Crippen molar-refractivity contribution in [3.8, 4) is 0 Å². The van der Waals surface area contributed by atoms with E-state index in [9.17, 15) is 4.79 Å². The lowest BCUT2D eigenvalue weighted by Gasteiger charge is -2.31. The molecule has 0 bridgehead atoms. The minimum atomic E-state index is -1.64. The number of allylic oxidation sites excluding steroid dienone is 1. The van der Waals surface area contributed by atoms with E-state index in [0.717, 1.165) is 6.42 Å². The van der Waals surface area contributed by atoms with Gasteiger partial charge in [0.25, 0.3) is 0 Å². The van der Waals surface area contributed by atoms with Crippen LogP contribution in [-0.4, -0.2) is 19.7 Å². The maximum Gasteiger partial charge on any atom is 0.185 e. The second kappa shape index (κ2) is 4.89. The van der Waals surface area contributed by atoms with Gasteiger partial charge in [-0.15, -0.1) is 6.58 Å². The molecule has 0 aromatic carbocycles. The molecule has 0 radical (unpaired) electrons. The van der Waals surface area contributed by atoms with E-state index in [-0.39, 0.29) is 5.78 Å². The molecular weight excluding hydrogens is 192 g/mol. The highest BCUT2D eigenvalue weighted by Crippen LogP contribution is 2.20. The Morgan fingerprint density at radius 1 is 1.43 bits per heavy atom. The topological polar surface area (TPSA) is 26.3 Å². The van der Waals surface area contributed by atoms with E-state index >= 15 is 0 Å². The van der Waals surface area contributed by atoms with E-state index in [1.807, 2.05) is 13.8 Å². The van der Waals surface area contributed by atoms with Crippen LogP contribution >= 0.6 is 0 Å². The summed E-state index contributed by atoms with van der Waals surface area (Å²) >= 11 is 0. The predicted octanol–water partition coefficient (Wildman–Crippen LogP) is 3.15. The summed E-state index contributed by atoms with van der Waals surface area (Å²) in [4.78, 5) is 11.8. The van der Waals surface area contributed by atoms with Gasteiger partial charge in [0.2, 0.25) is 0 Å². The highest BCUT2D eigenvalue weighted by atomic mass is 28.4. The van der Waals surface area contributed by atoms with Crippen LogP contribution in [0.4, 0.5) is 0 Å². The van der Waals surface area contributed by atoms with Crippen LogP contribution in [0.2, 0.25) is 19.6 Å². The van der Waals surface area contributed by atoms with Gasteiger partial charge < -0.3 is 4.43 Å². The van der Waals surface area contributed by atoms with Gasteiger partial charge in [0.05, 0.1) is 0 Å². The molecule has 0 aliphatic carbocycles. The SMILES string of the molecule is C=CCCC(=O)C(C)(C)O[Si](C)(C)C. The Kier molecular flexibility index (Phi) is 4.75. The van der Waals surface area contributed by atoms with E-state index in [1.54, 1.807) is 6.08 Å². The Bertz CT molecular complexity index is 214. The van der Waals surface area contributed by atoms with Crippen molar-refractivity contribution in [3.63, 3.8) is 0 Å². The fraction of sp³-hybridized carbons (Fsp3) is 0.727. The maximum atomic E-state index is 11.8. The second-order valence-electron chi connectivity index (χ2n) is 4.98. The molecule has 0 amide bonds. The summed E-state index contributed by atoms with van der Waals surface area (Å²) in [6.07, 6.45) is 3.03. The first-order valence-electron chi connectivity index (χ1n) is 5.03. The molecule has 0 fully saturated rings. The summed E-state index contributed by atoms with van der Waals surface area (Å²) in [5, 5.41) is 0. The molecule has 82 valence electrons. The minimum absolute atomic E-state index is 0.167. The molecule has 0 N–H and O–H groups in total. The Morgan fingerprint density at radius 3 is 2.29 bits per heavy atom. The standard InChI is InChI=1S/C11H22O2Si/c1-7-8-9-10(12)11(2,3)13-14(4,5)6/h7H,1,8-9H2,2-6H3. The molecule has 0 atom stereocenters. The van der Waals surface area contributed by atoms with Crippen LogP contribution in [0, 0.1) is 0 Å². The number of rotatable bonds is 6. The molecule has 0 aliphatic heterocycles. The zero-order chi connectivity index (χ0) is 11.4. The van der Waals surface area contributed by atoms with Gasteiger partial charge in [-0.2, -0.15) is 0 Å². The summed E-state index contributed by atoms with van der Waals surface area (Å²) in [5.41, 5.74) is -0.631. The number of ketones is 1. The van der Waals surface area contributed by atoms with Crippen LogP contribution < -0.4 is 0 Å². The Balaban J connectivity index is 4.30. The zero-order valence-electron chi connectivity index (χ0n) is 10.0. The molecule has 2 nitrogen and oxygen atoms in total. The van der Waals surface area contributed by atoms with E-state index in [0.29, 0.717) is 6.42 Å². The van der Waals surface area contributed by atoms with Gasteiger partial charge in [0, 0.05) is 6.42 Å². The van der Waals surface area contributed by atoms with Crippen LogP contribution in [-0.2, 0) is 9.22 Å². The Labute approximate surface area is 88.5 Å². The van der Waals surface area contributed by atoms with Crippen molar-refractivity contribution in [2.24, 2.45) is 0 Å². The van der Waals surface area contributed by atoms with E-state index < -0.39 is 13.9 Å². The lowest BCUT2D eigenvalue weighted by molar-refractivity contribution is -0.132. The third-order valence-corrected chi connectivity index (χ3v) is 2.93. The number of hydrogen-bond acceptors (Lipinski definition) is 2. The number of hydrogen-bond donors (Lipinski definition) is 0. The number of Topliss-reactive ketones (excluding diaryl/α,β-unsaturated/α-hetero) is 1. The molecule has 0 rings (SSSR count).